The lowest BCUT2D eigenvalue weighted by Gasteiger charge is -2.26. The predicted molar refractivity (Wildman–Crippen MR) is 224 cm³/mol. The summed E-state index contributed by atoms with van der Waals surface area (Å²) in [6, 6.07) is 36.6. The van der Waals surface area contributed by atoms with Gasteiger partial charge < -0.3 is 19.5 Å². The summed E-state index contributed by atoms with van der Waals surface area (Å²) >= 11 is 1.85. The lowest BCUT2D eigenvalue weighted by Crippen LogP contribution is -2.36. The van der Waals surface area contributed by atoms with E-state index in [4.69, 9.17) is 9.47 Å². The van der Waals surface area contributed by atoms with Gasteiger partial charge >= 0.3 is 5.97 Å². The average molecular weight is 742 g/mol. The van der Waals surface area contributed by atoms with Gasteiger partial charge in [-0.15, -0.1) is 11.3 Å². The van der Waals surface area contributed by atoms with E-state index in [1.807, 2.05) is 29.8 Å². The van der Waals surface area contributed by atoms with Gasteiger partial charge in [-0.1, -0.05) is 71.1 Å². The summed E-state index contributed by atoms with van der Waals surface area (Å²) in [7, 11) is 0. The molecule has 280 valence electrons. The lowest BCUT2D eigenvalue weighted by atomic mass is 10.0. The Morgan fingerprint density at radius 2 is 1.22 bits per heavy atom. The van der Waals surface area contributed by atoms with Crippen LogP contribution in [-0.2, 0) is 17.8 Å². The molecule has 0 aliphatic carbocycles. The van der Waals surface area contributed by atoms with E-state index in [2.05, 4.69) is 123 Å². The Balaban J connectivity index is 1.31. The quantitative estimate of drug-likeness (QED) is 0.0623. The second-order valence-electron chi connectivity index (χ2n) is 13.9. The van der Waals surface area contributed by atoms with Crippen molar-refractivity contribution < 1.29 is 23.9 Å². The van der Waals surface area contributed by atoms with E-state index < -0.39 is 5.97 Å². The van der Waals surface area contributed by atoms with Gasteiger partial charge in [-0.05, 0) is 127 Å². The van der Waals surface area contributed by atoms with Crippen LogP contribution < -0.4 is 18.9 Å². The molecular formula is C47H53N2O4S+. The summed E-state index contributed by atoms with van der Waals surface area (Å²) in [5.41, 5.74) is 6.98. The Hall–Kier alpha value is -5.14. The SMILES string of the molecule is CCCCCCc1cc(-c2ccc3c[n+](CC(=O)O)ccc3c2)sc1-c1ccc(N(c2ccc(OCCCC)cc2)c2ccc(OCCCC)cc2)cc1. The topological polar surface area (TPSA) is 62.9 Å². The van der Waals surface area contributed by atoms with Crippen molar-refractivity contribution in [3.05, 3.63) is 121 Å². The highest BCUT2D eigenvalue weighted by Gasteiger charge is 2.17. The standard InChI is InChI=1S/C47H52N2O4S/c1-4-7-10-11-12-38-32-45(37-13-14-39-33-48(34-46(50)51)28-27-36(39)31-37)54-47(38)35-15-17-40(18-16-35)49(41-19-23-43(24-20-41)52-29-8-5-2)42-21-25-44(26-22-42)53-30-9-6-3/h13-28,31-33H,4-12,29-30,34H2,1-3H3/p+1. The number of hydrogen-bond acceptors (Lipinski definition) is 5. The molecule has 0 saturated carbocycles. The monoisotopic (exact) mass is 741 g/mol. The number of benzene rings is 4. The summed E-state index contributed by atoms with van der Waals surface area (Å²) in [5.74, 6) is 0.920. The molecule has 54 heavy (non-hydrogen) atoms. The zero-order valence-electron chi connectivity index (χ0n) is 31.9. The number of ether oxygens (including phenoxy) is 2. The number of anilines is 3. The minimum Gasteiger partial charge on any atom is -0.494 e. The summed E-state index contributed by atoms with van der Waals surface area (Å²) in [6.45, 7) is 8.00. The smallest absolute Gasteiger partial charge is 0.370 e. The van der Waals surface area contributed by atoms with Crippen molar-refractivity contribution in [3.8, 4) is 32.4 Å². The van der Waals surface area contributed by atoms with Gasteiger partial charge in [0.2, 0.25) is 6.54 Å². The fourth-order valence-electron chi connectivity index (χ4n) is 6.65. The van der Waals surface area contributed by atoms with Crippen LogP contribution >= 0.6 is 11.3 Å². The van der Waals surface area contributed by atoms with E-state index in [1.165, 1.54) is 52.1 Å². The Morgan fingerprint density at radius 3 is 1.80 bits per heavy atom. The number of thiophene rings is 1. The molecule has 4 aromatic carbocycles. The fourth-order valence-corrected chi connectivity index (χ4v) is 7.86. The maximum atomic E-state index is 11.3. The first-order valence-electron chi connectivity index (χ1n) is 19.6. The van der Waals surface area contributed by atoms with Crippen molar-refractivity contribution in [2.75, 3.05) is 18.1 Å². The van der Waals surface area contributed by atoms with E-state index in [0.29, 0.717) is 0 Å². The van der Waals surface area contributed by atoms with Crippen LogP contribution in [0.2, 0.25) is 0 Å². The van der Waals surface area contributed by atoms with Gasteiger partial charge in [-0.3, -0.25) is 0 Å². The van der Waals surface area contributed by atoms with Gasteiger partial charge in [0, 0.05) is 38.3 Å². The largest absolute Gasteiger partial charge is 0.494 e. The van der Waals surface area contributed by atoms with Crippen molar-refractivity contribution >= 4 is 45.1 Å². The Bertz CT molecular complexity index is 2040. The average Bonchev–Trinajstić information content (AvgIpc) is 3.62. The maximum Gasteiger partial charge on any atom is 0.370 e. The number of carboxylic acid groups (broad SMARTS) is 1. The molecule has 6 nitrogen and oxygen atoms in total. The molecule has 0 aliphatic rings. The number of aromatic nitrogens is 1. The number of unbranched alkanes of at least 4 members (excludes halogenated alkanes) is 5. The minimum absolute atomic E-state index is 0.0509. The molecule has 0 bridgehead atoms. The molecule has 1 N–H and O–H groups in total. The van der Waals surface area contributed by atoms with Crippen molar-refractivity contribution in [2.24, 2.45) is 0 Å². The fraction of sp³-hybridized carbons (Fsp3) is 0.319. The number of aliphatic carboxylic acids is 1. The highest BCUT2D eigenvalue weighted by Crippen LogP contribution is 2.42. The molecule has 2 heterocycles. The molecular weight excluding hydrogens is 689 g/mol. The number of aryl methyl sites for hydroxylation is 1. The van der Waals surface area contributed by atoms with Gasteiger partial charge in [0.25, 0.3) is 0 Å². The van der Waals surface area contributed by atoms with E-state index >= 15 is 0 Å². The third-order valence-electron chi connectivity index (χ3n) is 9.66. The molecule has 0 fully saturated rings. The lowest BCUT2D eigenvalue weighted by molar-refractivity contribution is -0.684. The number of carboxylic acids is 1. The van der Waals surface area contributed by atoms with Gasteiger partial charge in [-0.2, -0.15) is 4.57 Å². The number of carbonyl (C=O) groups is 1. The van der Waals surface area contributed by atoms with Crippen LogP contribution in [0, 0.1) is 0 Å². The molecule has 2 aromatic heterocycles. The van der Waals surface area contributed by atoms with Gasteiger partial charge in [-0.25, -0.2) is 4.79 Å². The van der Waals surface area contributed by atoms with Gasteiger partial charge in [0.15, 0.2) is 12.4 Å². The highest BCUT2D eigenvalue weighted by atomic mass is 32.1. The zero-order valence-corrected chi connectivity index (χ0v) is 32.7. The molecule has 0 atom stereocenters. The number of nitrogens with zero attached hydrogens (tertiary/aromatic N) is 2. The van der Waals surface area contributed by atoms with Crippen LogP contribution in [0.5, 0.6) is 11.5 Å². The zero-order chi connectivity index (χ0) is 37.7. The summed E-state index contributed by atoms with van der Waals surface area (Å²) in [6.07, 6.45) is 13.9. The summed E-state index contributed by atoms with van der Waals surface area (Å²) in [4.78, 5) is 16.1. The first-order valence-corrected chi connectivity index (χ1v) is 20.4. The molecule has 0 radical (unpaired) electrons. The van der Waals surface area contributed by atoms with E-state index in [0.717, 1.165) is 84.7 Å². The second-order valence-corrected chi connectivity index (χ2v) is 15.0. The first kappa shape index (κ1) is 38.6. The summed E-state index contributed by atoms with van der Waals surface area (Å²) < 4.78 is 13.7. The molecule has 0 aliphatic heterocycles. The van der Waals surface area contributed by atoms with Crippen molar-refractivity contribution in [1.29, 1.82) is 0 Å². The number of fused-ring (bicyclic) bond motifs is 1. The molecule has 0 saturated heterocycles. The minimum atomic E-state index is -0.849. The Labute approximate surface area is 324 Å². The number of pyridine rings is 1. The molecule has 0 amide bonds. The number of hydrogen-bond donors (Lipinski definition) is 1. The van der Waals surface area contributed by atoms with Crippen LogP contribution in [0.3, 0.4) is 0 Å². The molecule has 7 heteroatoms. The molecule has 0 unspecified atom stereocenters. The normalized spacial score (nSPS) is 11.2. The van der Waals surface area contributed by atoms with Crippen molar-refractivity contribution in [2.45, 2.75) is 85.1 Å². The van der Waals surface area contributed by atoms with Crippen LogP contribution in [0.1, 0.15) is 77.7 Å². The van der Waals surface area contributed by atoms with Gasteiger partial charge in [0.1, 0.15) is 11.5 Å². The third-order valence-corrected chi connectivity index (χ3v) is 10.9. The Kier molecular flexibility index (Phi) is 13.8. The molecule has 6 rings (SSSR count). The third kappa shape index (κ3) is 10.1. The summed E-state index contributed by atoms with van der Waals surface area (Å²) in [5, 5.41) is 11.4. The van der Waals surface area contributed by atoms with Crippen LogP contribution in [-0.4, -0.2) is 24.3 Å². The van der Waals surface area contributed by atoms with Gasteiger partial charge in [0.05, 0.1) is 13.2 Å². The maximum absolute atomic E-state index is 11.3. The van der Waals surface area contributed by atoms with E-state index in [-0.39, 0.29) is 6.54 Å². The first-order chi connectivity index (χ1) is 26.4. The highest BCUT2D eigenvalue weighted by molar-refractivity contribution is 7.19. The predicted octanol–water partition coefficient (Wildman–Crippen LogP) is 12.6. The van der Waals surface area contributed by atoms with Crippen LogP contribution in [0.15, 0.2) is 116 Å². The van der Waals surface area contributed by atoms with E-state index in [1.54, 1.807) is 4.57 Å². The number of rotatable bonds is 20. The Morgan fingerprint density at radius 1 is 0.648 bits per heavy atom. The van der Waals surface area contributed by atoms with Crippen LogP contribution in [0.25, 0.3) is 31.7 Å². The van der Waals surface area contributed by atoms with Crippen molar-refractivity contribution in [1.82, 2.24) is 0 Å². The second kappa shape index (κ2) is 19.3. The molecule has 0 spiro atoms. The van der Waals surface area contributed by atoms with Crippen molar-refractivity contribution in [3.63, 3.8) is 0 Å². The van der Waals surface area contributed by atoms with E-state index in [9.17, 15) is 9.90 Å². The van der Waals surface area contributed by atoms with Crippen LogP contribution in [0.4, 0.5) is 17.1 Å². The molecule has 6 aromatic rings.